The van der Waals surface area contributed by atoms with Crippen LogP contribution in [0.4, 0.5) is 0 Å². The summed E-state index contributed by atoms with van der Waals surface area (Å²) >= 11 is 4.30. The molecule has 0 unspecified atom stereocenters. The molecule has 32 heavy (non-hydrogen) atoms. The number of hydrogen-bond donors (Lipinski definition) is 1. The van der Waals surface area contributed by atoms with Crippen molar-refractivity contribution in [1.82, 2.24) is 16.1 Å². The molecule has 0 aliphatic rings. The summed E-state index contributed by atoms with van der Waals surface area (Å²) in [5.41, 5.74) is 5.58. The van der Waals surface area contributed by atoms with Gasteiger partial charge in [-0.15, -0.1) is 12.4 Å². The summed E-state index contributed by atoms with van der Waals surface area (Å²) < 4.78 is 3.26. The van der Waals surface area contributed by atoms with Crippen molar-refractivity contribution in [3.8, 4) is 0 Å². The Hall–Kier alpha value is -1.75. The first-order valence-corrected chi connectivity index (χ1v) is 12.1. The zero-order chi connectivity index (χ0) is 21.4. The van der Waals surface area contributed by atoms with Gasteiger partial charge < -0.3 is 6.15 Å². The van der Waals surface area contributed by atoms with Gasteiger partial charge in [0.1, 0.15) is 0 Å². The van der Waals surface area contributed by atoms with E-state index in [1.54, 1.807) is 0 Å². The summed E-state index contributed by atoms with van der Waals surface area (Å²) in [5, 5.41) is 2.18. The van der Waals surface area contributed by atoms with Crippen LogP contribution in [0.15, 0.2) is 65.8 Å². The molecule has 0 aliphatic heterocycles. The molecule has 0 saturated heterocycles. The fourth-order valence-corrected chi connectivity index (χ4v) is 5.67. The summed E-state index contributed by atoms with van der Waals surface area (Å²) in [4.78, 5) is 9.69. The molecule has 6 heteroatoms. The molecule has 0 fully saturated rings. The van der Waals surface area contributed by atoms with Gasteiger partial charge in [0.25, 0.3) is 0 Å². The monoisotopic (exact) mass is 553 g/mol. The van der Waals surface area contributed by atoms with Gasteiger partial charge in [0.2, 0.25) is 0 Å². The summed E-state index contributed by atoms with van der Waals surface area (Å²) in [7, 11) is 0. The molecule has 170 valence electrons. The fourth-order valence-electron chi connectivity index (χ4n) is 3.59. The molecule has 2 aromatic heterocycles. The molecule has 4 aromatic rings. The van der Waals surface area contributed by atoms with Crippen molar-refractivity contribution >= 4 is 59.1 Å². The molecule has 0 aliphatic carbocycles. The summed E-state index contributed by atoms with van der Waals surface area (Å²) in [6.45, 7) is 13.5. The Labute approximate surface area is 211 Å². The van der Waals surface area contributed by atoms with Crippen molar-refractivity contribution < 1.29 is 15.0 Å². The summed E-state index contributed by atoms with van der Waals surface area (Å²) in [5.74, 6) is 0.947. The first-order valence-electron chi connectivity index (χ1n) is 10.2. The molecular formula is C26H29BrClFeN3. The van der Waals surface area contributed by atoms with Crippen molar-refractivity contribution in [2.75, 3.05) is 0 Å². The average molecular weight is 555 g/mol. The van der Waals surface area contributed by atoms with Gasteiger partial charge in [-0.1, -0.05) is 0 Å². The van der Waals surface area contributed by atoms with E-state index in [9.17, 15) is 0 Å². The maximum absolute atomic E-state index is 5.01. The number of hydrogen-bond acceptors (Lipinski definition) is 3. The van der Waals surface area contributed by atoms with Crippen LogP contribution >= 0.6 is 28.3 Å². The molecule has 3 nitrogen and oxygen atoms in total. The minimum Gasteiger partial charge on any atom is -0.344 e. The standard InChI is InChI=1S/C14H8BrN2.C12H17.ClH.Fe.H3N/c1-2-11-7-5-9-3-4-10-6-8-12(15)17-14(10)13(9)16-11;1-9(2)11-6-5-7-12(8-11)10(3)4;;;/h3-8H,1H2;5-7,9-10H,1-4H3;1H;;1H3. The van der Waals surface area contributed by atoms with Crippen molar-refractivity contribution in [2.45, 2.75) is 39.5 Å². The van der Waals surface area contributed by atoms with Crippen LogP contribution in [0.25, 0.3) is 26.3 Å². The van der Waals surface area contributed by atoms with E-state index >= 15 is 0 Å². The van der Waals surface area contributed by atoms with Crippen LogP contribution in [0.3, 0.4) is 0 Å². The number of aromatic nitrogens is 2. The van der Waals surface area contributed by atoms with Gasteiger partial charge in [0.05, 0.1) is 0 Å². The maximum Gasteiger partial charge on any atom is -0.147 e. The second kappa shape index (κ2) is 10.9. The molecule has 0 spiro atoms. The number of halogens is 2. The Balaban J connectivity index is 0.00000181. The van der Waals surface area contributed by atoms with Gasteiger partial charge in [0.15, 0.2) is 0 Å². The summed E-state index contributed by atoms with van der Waals surface area (Å²) in [6, 6.07) is 19.1. The quantitative estimate of drug-likeness (QED) is 0.156. The topological polar surface area (TPSA) is 60.8 Å². The predicted octanol–water partition coefficient (Wildman–Crippen LogP) is 7.75. The van der Waals surface area contributed by atoms with Crippen molar-refractivity contribution in [3.05, 3.63) is 82.6 Å². The number of nitrogens with zero attached hydrogens (tertiary/aromatic N) is 2. The van der Waals surface area contributed by atoms with Gasteiger partial charge in [-0.2, -0.15) is 0 Å². The second-order valence-corrected chi connectivity index (χ2v) is 10.4. The molecule has 0 amide bonds. The third kappa shape index (κ3) is 5.24. The fraction of sp³-hybridized carbons (Fsp3) is 0.231. The van der Waals surface area contributed by atoms with Gasteiger partial charge in [-0.3, -0.25) is 0 Å². The first kappa shape index (κ1) is 26.5. The predicted molar refractivity (Wildman–Crippen MR) is 140 cm³/mol. The van der Waals surface area contributed by atoms with Crippen LogP contribution in [0.5, 0.6) is 0 Å². The Morgan fingerprint density at radius 3 is 1.88 bits per heavy atom. The third-order valence-electron chi connectivity index (χ3n) is 5.24. The van der Waals surface area contributed by atoms with Crippen LogP contribution in [0.1, 0.15) is 56.4 Å². The van der Waals surface area contributed by atoms with E-state index in [4.69, 9.17) is 4.98 Å². The minimum atomic E-state index is 0. The molecule has 4 rings (SSSR count). The molecule has 2 heterocycles. The van der Waals surface area contributed by atoms with Crippen LogP contribution in [0.2, 0.25) is 0 Å². The average Bonchev–Trinajstić information content (AvgIpc) is 2.73. The van der Waals surface area contributed by atoms with Gasteiger partial charge in [-0.25, -0.2) is 0 Å². The van der Waals surface area contributed by atoms with Crippen LogP contribution in [-0.2, 0) is 15.0 Å². The SMILES string of the molecule is C=[C]([Fe][c]1c(C(C)C)cccc1C(C)C)c1ccc2ccc3ccc(Br)nc3c2n1.Cl.N. The zero-order valence-corrected chi connectivity index (χ0v) is 22.3. The molecule has 0 saturated carbocycles. The largest absolute Gasteiger partial charge is 0.344 e. The molecule has 0 atom stereocenters. The van der Waals surface area contributed by atoms with Crippen LogP contribution < -0.4 is 10.6 Å². The Morgan fingerprint density at radius 2 is 1.31 bits per heavy atom. The first-order chi connectivity index (χ1) is 14.3. The van der Waals surface area contributed by atoms with Crippen molar-refractivity contribution in [2.24, 2.45) is 0 Å². The third-order valence-corrected chi connectivity index (χ3v) is 7.21. The van der Waals surface area contributed by atoms with E-state index in [1.807, 2.05) is 6.07 Å². The molecule has 2 aromatic carbocycles. The van der Waals surface area contributed by atoms with Crippen LogP contribution in [-0.4, -0.2) is 9.97 Å². The molecule has 0 radical (unpaired) electrons. The van der Waals surface area contributed by atoms with Gasteiger partial charge in [0, 0.05) is 0 Å². The molecular weight excluding hydrogens is 526 g/mol. The van der Waals surface area contributed by atoms with E-state index in [2.05, 4.69) is 104 Å². The number of benzene rings is 2. The van der Waals surface area contributed by atoms with Crippen molar-refractivity contribution in [1.29, 1.82) is 0 Å². The van der Waals surface area contributed by atoms with Crippen molar-refractivity contribution in [3.63, 3.8) is 0 Å². The Kier molecular flexibility index (Phi) is 9.04. The van der Waals surface area contributed by atoms with E-state index in [-0.39, 0.29) is 18.6 Å². The smallest absolute Gasteiger partial charge is 0.147 e. The van der Waals surface area contributed by atoms with E-state index in [0.29, 0.717) is 11.8 Å². The summed E-state index contributed by atoms with van der Waals surface area (Å²) in [6.07, 6.45) is 0. The Morgan fingerprint density at radius 1 is 0.812 bits per heavy atom. The van der Waals surface area contributed by atoms with E-state index in [1.165, 1.54) is 15.6 Å². The normalized spacial score (nSPS) is 11.1. The Bertz CT molecular complexity index is 1240. The van der Waals surface area contributed by atoms with Gasteiger partial charge in [-0.05, 0) is 0 Å². The molecule has 0 bridgehead atoms. The number of pyridine rings is 2. The maximum atomic E-state index is 5.01. The molecule has 3 N–H and O–H groups in total. The second-order valence-electron chi connectivity index (χ2n) is 8.07. The van der Waals surface area contributed by atoms with E-state index in [0.717, 1.165) is 51.5 Å². The number of fused-ring (bicyclic) bond motifs is 3. The number of rotatable bonds is 5. The van der Waals surface area contributed by atoms with E-state index < -0.39 is 0 Å². The van der Waals surface area contributed by atoms with Gasteiger partial charge >= 0.3 is 194 Å². The van der Waals surface area contributed by atoms with Crippen LogP contribution in [0, 0.1) is 0 Å². The minimum absolute atomic E-state index is 0. The zero-order valence-electron chi connectivity index (χ0n) is 18.8.